The molecule has 0 aliphatic carbocycles. The van der Waals surface area contributed by atoms with Crippen molar-refractivity contribution in [3.63, 3.8) is 0 Å². The van der Waals surface area contributed by atoms with Gasteiger partial charge < -0.3 is 4.74 Å². The Balaban J connectivity index is 2.29. The van der Waals surface area contributed by atoms with Crippen LogP contribution in [0.15, 0.2) is 29.3 Å². The molecule has 20 heavy (non-hydrogen) atoms. The molecule has 0 bridgehead atoms. The van der Waals surface area contributed by atoms with E-state index >= 15 is 0 Å². The molecular weight excluding hydrogens is 373 g/mol. The molecule has 0 radical (unpaired) electrons. The number of rotatable bonds is 3. The van der Waals surface area contributed by atoms with Gasteiger partial charge in [0.1, 0.15) is 5.82 Å². The van der Waals surface area contributed by atoms with Gasteiger partial charge in [0.2, 0.25) is 0 Å². The molecule has 0 aliphatic heterocycles. The number of methoxy groups -OCH3 is 1. The molecule has 0 saturated heterocycles. The molecule has 2 aromatic rings. The third-order valence-electron chi connectivity index (χ3n) is 2.77. The number of hydrogen-bond acceptors (Lipinski definition) is 5. The van der Waals surface area contributed by atoms with Crippen LogP contribution in [-0.4, -0.2) is 27.6 Å². The van der Waals surface area contributed by atoms with Gasteiger partial charge in [0.05, 0.1) is 28.5 Å². The van der Waals surface area contributed by atoms with Gasteiger partial charge in [0, 0.05) is 12.4 Å². The van der Waals surface area contributed by atoms with Crippen LogP contribution in [0.25, 0.3) is 0 Å². The minimum absolute atomic E-state index is 0.100. The van der Waals surface area contributed by atoms with E-state index in [9.17, 15) is 9.59 Å². The highest BCUT2D eigenvalue weighted by molar-refractivity contribution is 14.1. The number of esters is 1. The molecule has 2 aromatic heterocycles. The molecule has 0 atom stereocenters. The quantitative estimate of drug-likeness (QED) is 0.590. The molecule has 6 nitrogen and oxygen atoms in total. The zero-order valence-corrected chi connectivity index (χ0v) is 13.1. The summed E-state index contributed by atoms with van der Waals surface area (Å²) in [5.74, 6) is 0.183. The number of ether oxygens (including phenoxy) is 1. The Labute approximate surface area is 129 Å². The molecular formula is C13H12IN3O3. The summed E-state index contributed by atoms with van der Waals surface area (Å²) in [7, 11) is 1.32. The summed E-state index contributed by atoms with van der Waals surface area (Å²) in [6.07, 6.45) is 2.98. The number of aromatic nitrogens is 3. The second-order valence-corrected chi connectivity index (χ2v) is 5.24. The molecule has 7 heteroatoms. The van der Waals surface area contributed by atoms with Crippen molar-refractivity contribution in [3.05, 3.63) is 55.5 Å². The number of hydrogen-bond donors (Lipinski definition) is 0. The summed E-state index contributed by atoms with van der Waals surface area (Å²) in [6, 6.07) is 3.31. The smallest absolute Gasteiger partial charge is 0.339 e. The van der Waals surface area contributed by atoms with Crippen LogP contribution >= 0.6 is 22.6 Å². The molecule has 0 unspecified atom stereocenters. The molecule has 0 fully saturated rings. The molecule has 0 aliphatic rings. The first-order valence-corrected chi connectivity index (χ1v) is 6.86. The average molecular weight is 385 g/mol. The van der Waals surface area contributed by atoms with E-state index in [2.05, 4.69) is 14.7 Å². The normalized spacial score (nSPS) is 10.3. The number of carbonyl (C=O) groups is 1. The van der Waals surface area contributed by atoms with E-state index in [4.69, 9.17) is 0 Å². The van der Waals surface area contributed by atoms with Crippen molar-refractivity contribution in [3.8, 4) is 0 Å². The van der Waals surface area contributed by atoms with E-state index in [0.717, 1.165) is 0 Å². The van der Waals surface area contributed by atoms with Crippen LogP contribution in [0.5, 0.6) is 0 Å². The van der Waals surface area contributed by atoms with Crippen LogP contribution in [0, 0.1) is 10.5 Å². The number of carbonyl (C=O) groups excluding carboxylic acids is 1. The molecule has 0 aromatic carbocycles. The predicted molar refractivity (Wildman–Crippen MR) is 80.6 cm³/mol. The zero-order chi connectivity index (χ0) is 14.7. The summed E-state index contributed by atoms with van der Waals surface area (Å²) in [5, 5.41) is 0. The van der Waals surface area contributed by atoms with Gasteiger partial charge in [0.25, 0.3) is 5.56 Å². The van der Waals surface area contributed by atoms with Crippen molar-refractivity contribution in [2.75, 3.05) is 7.11 Å². The van der Waals surface area contributed by atoms with Crippen LogP contribution in [0.2, 0.25) is 0 Å². The molecule has 2 rings (SSSR count). The van der Waals surface area contributed by atoms with Crippen LogP contribution < -0.4 is 5.56 Å². The van der Waals surface area contributed by atoms with Crippen molar-refractivity contribution < 1.29 is 9.53 Å². The van der Waals surface area contributed by atoms with E-state index in [1.54, 1.807) is 29.8 Å². The van der Waals surface area contributed by atoms with Crippen molar-refractivity contribution in [2.24, 2.45) is 0 Å². The van der Waals surface area contributed by atoms with Gasteiger partial charge in [-0.2, -0.15) is 0 Å². The van der Waals surface area contributed by atoms with Gasteiger partial charge in [-0.1, -0.05) is 0 Å². The monoisotopic (exact) mass is 385 g/mol. The molecule has 0 spiro atoms. The maximum atomic E-state index is 12.0. The van der Waals surface area contributed by atoms with E-state index in [0.29, 0.717) is 27.2 Å². The fraction of sp³-hybridized carbons (Fsp3) is 0.231. The van der Waals surface area contributed by atoms with Crippen molar-refractivity contribution in [1.82, 2.24) is 14.5 Å². The van der Waals surface area contributed by atoms with E-state index < -0.39 is 5.97 Å². The number of pyridine rings is 1. The number of aryl methyl sites for hydroxylation is 1. The van der Waals surface area contributed by atoms with Crippen molar-refractivity contribution >= 4 is 28.6 Å². The Hall–Kier alpha value is -1.77. The lowest BCUT2D eigenvalue weighted by Gasteiger charge is -2.09. The highest BCUT2D eigenvalue weighted by atomic mass is 127. The molecule has 2 heterocycles. The highest BCUT2D eigenvalue weighted by Crippen LogP contribution is 2.05. The van der Waals surface area contributed by atoms with Gasteiger partial charge >= 0.3 is 5.97 Å². The van der Waals surface area contributed by atoms with Gasteiger partial charge in [-0.05, 0) is 41.6 Å². The van der Waals surface area contributed by atoms with Crippen molar-refractivity contribution in [2.45, 2.75) is 13.5 Å². The van der Waals surface area contributed by atoms with Gasteiger partial charge in [-0.3, -0.25) is 14.3 Å². The first kappa shape index (κ1) is 14.6. The molecule has 0 saturated carbocycles. The lowest BCUT2D eigenvalue weighted by Crippen LogP contribution is -2.26. The minimum Gasteiger partial charge on any atom is -0.465 e. The first-order chi connectivity index (χ1) is 9.52. The highest BCUT2D eigenvalue weighted by Gasteiger charge is 2.09. The lowest BCUT2D eigenvalue weighted by molar-refractivity contribution is 0.0600. The molecule has 0 amide bonds. The fourth-order valence-corrected chi connectivity index (χ4v) is 2.09. The van der Waals surface area contributed by atoms with Crippen LogP contribution in [0.1, 0.15) is 21.9 Å². The lowest BCUT2D eigenvalue weighted by atomic mass is 10.2. The number of nitrogens with zero attached hydrogens (tertiary/aromatic N) is 3. The zero-order valence-electron chi connectivity index (χ0n) is 11.0. The Kier molecular flexibility index (Phi) is 4.48. The van der Waals surface area contributed by atoms with Gasteiger partial charge in [-0.25, -0.2) is 9.78 Å². The summed E-state index contributed by atoms with van der Waals surface area (Å²) in [4.78, 5) is 31.6. The van der Waals surface area contributed by atoms with Crippen molar-refractivity contribution in [1.29, 1.82) is 0 Å². The maximum absolute atomic E-state index is 12.0. The number of halogens is 1. The van der Waals surface area contributed by atoms with Crippen LogP contribution in [0.4, 0.5) is 0 Å². The maximum Gasteiger partial charge on any atom is 0.339 e. The second kappa shape index (κ2) is 6.12. The Morgan fingerprint density at radius 3 is 2.70 bits per heavy atom. The molecule has 104 valence electrons. The summed E-state index contributed by atoms with van der Waals surface area (Å²) < 4.78 is 6.70. The first-order valence-electron chi connectivity index (χ1n) is 5.78. The standard InChI is InChI=1S/C13H12IN3O3/c1-8-15-6-11(14)12(18)17(8)7-10-4-3-9(5-16-10)13(19)20-2/h3-6H,7H2,1-2H3. The third-order valence-corrected chi connectivity index (χ3v) is 3.51. The minimum atomic E-state index is -0.437. The summed E-state index contributed by atoms with van der Waals surface area (Å²) in [5.41, 5.74) is 0.949. The van der Waals surface area contributed by atoms with Crippen LogP contribution in [0.3, 0.4) is 0 Å². The van der Waals surface area contributed by atoms with E-state index in [1.807, 2.05) is 22.6 Å². The van der Waals surface area contributed by atoms with E-state index in [-0.39, 0.29) is 5.56 Å². The predicted octanol–water partition coefficient (Wildman–Crippen LogP) is 1.39. The van der Waals surface area contributed by atoms with Gasteiger partial charge in [0.15, 0.2) is 0 Å². The van der Waals surface area contributed by atoms with Crippen LogP contribution in [-0.2, 0) is 11.3 Å². The Morgan fingerprint density at radius 2 is 2.10 bits per heavy atom. The average Bonchev–Trinajstić information content (AvgIpc) is 2.47. The third kappa shape index (κ3) is 3.03. The summed E-state index contributed by atoms with van der Waals surface area (Å²) >= 11 is 1.95. The topological polar surface area (TPSA) is 74.1 Å². The Bertz CT molecular complexity index is 695. The Morgan fingerprint density at radius 1 is 1.35 bits per heavy atom. The van der Waals surface area contributed by atoms with E-state index in [1.165, 1.54) is 13.3 Å². The molecule has 0 N–H and O–H groups in total. The largest absolute Gasteiger partial charge is 0.465 e. The SMILES string of the molecule is COC(=O)c1ccc(Cn2c(C)ncc(I)c2=O)nc1. The summed E-state index contributed by atoms with van der Waals surface area (Å²) in [6.45, 7) is 2.08. The fourth-order valence-electron chi connectivity index (χ4n) is 1.66. The van der Waals surface area contributed by atoms with Gasteiger partial charge in [-0.15, -0.1) is 0 Å². The second-order valence-electron chi connectivity index (χ2n) is 4.07.